The van der Waals surface area contributed by atoms with Crippen molar-refractivity contribution in [3.8, 4) is 5.75 Å². The number of hydrogen-bond donors (Lipinski definition) is 1. The maximum absolute atomic E-state index is 10.6. The molecule has 0 aliphatic rings. The molecule has 0 radical (unpaired) electrons. The topological polar surface area (TPSA) is 50.5 Å². The van der Waals surface area contributed by atoms with Crippen molar-refractivity contribution in [2.45, 2.75) is 12.6 Å². The molecule has 5 nitrogen and oxygen atoms in total. The maximum atomic E-state index is 10.6. The van der Waals surface area contributed by atoms with Crippen molar-refractivity contribution in [1.82, 2.24) is 14.7 Å². The molecule has 0 fully saturated rings. The molecule has 0 saturated carbocycles. The molecule has 20 heavy (non-hydrogen) atoms. The van der Waals surface area contributed by atoms with Crippen LogP contribution in [0, 0.1) is 0 Å². The Hall–Kier alpha value is -0.890. The van der Waals surface area contributed by atoms with E-state index in [-0.39, 0.29) is 0 Å². The Kier molecular flexibility index (Phi) is 5.20. The van der Waals surface area contributed by atoms with Gasteiger partial charge in [-0.3, -0.25) is 4.68 Å². The third-order valence-corrected chi connectivity index (χ3v) is 4.53. The van der Waals surface area contributed by atoms with Crippen LogP contribution < -0.4 is 4.74 Å². The van der Waals surface area contributed by atoms with Crippen molar-refractivity contribution in [2.75, 3.05) is 27.7 Å². The largest absolute Gasteiger partial charge is 0.496 e. The van der Waals surface area contributed by atoms with Gasteiger partial charge in [-0.25, -0.2) is 0 Å². The van der Waals surface area contributed by atoms with Crippen LogP contribution in [0.5, 0.6) is 5.75 Å². The SMILES string of the molecule is COc1csc(C(O)c2c(Br)cnn2CCN(C)C)c1. The standard InChI is InChI=1S/C13H18BrN3O2S/c1-16(2)4-5-17-12(10(14)7-15-17)13(18)11-6-9(19-3)8-20-11/h6-8,13,18H,4-5H2,1-3H3. The average molecular weight is 360 g/mol. The summed E-state index contributed by atoms with van der Waals surface area (Å²) in [5.74, 6) is 0.763. The zero-order valence-electron chi connectivity index (χ0n) is 11.7. The van der Waals surface area contributed by atoms with Gasteiger partial charge in [-0.1, -0.05) is 0 Å². The van der Waals surface area contributed by atoms with Gasteiger partial charge in [-0.2, -0.15) is 5.10 Å². The number of likely N-dealkylation sites (N-methyl/N-ethyl adjacent to an activating group) is 1. The highest BCUT2D eigenvalue weighted by molar-refractivity contribution is 9.10. The second kappa shape index (κ2) is 6.71. The van der Waals surface area contributed by atoms with Crippen LogP contribution >= 0.6 is 27.3 Å². The summed E-state index contributed by atoms with van der Waals surface area (Å²) < 4.78 is 7.81. The zero-order chi connectivity index (χ0) is 14.7. The fourth-order valence-electron chi connectivity index (χ4n) is 1.84. The van der Waals surface area contributed by atoms with Gasteiger partial charge in [0, 0.05) is 16.8 Å². The van der Waals surface area contributed by atoms with E-state index in [1.165, 1.54) is 11.3 Å². The summed E-state index contributed by atoms with van der Waals surface area (Å²) in [6, 6.07) is 1.85. The minimum Gasteiger partial charge on any atom is -0.496 e. The molecule has 0 bridgehead atoms. The van der Waals surface area contributed by atoms with E-state index in [0.717, 1.165) is 33.9 Å². The number of aliphatic hydroxyl groups excluding tert-OH is 1. The molecule has 0 spiro atoms. The third-order valence-electron chi connectivity index (χ3n) is 2.95. The van der Waals surface area contributed by atoms with Crippen molar-refractivity contribution in [1.29, 1.82) is 0 Å². The van der Waals surface area contributed by atoms with Crippen LogP contribution in [0.25, 0.3) is 0 Å². The highest BCUT2D eigenvalue weighted by Gasteiger charge is 2.21. The number of rotatable bonds is 6. The van der Waals surface area contributed by atoms with Gasteiger partial charge in [-0.05, 0) is 36.1 Å². The lowest BCUT2D eigenvalue weighted by atomic mass is 10.2. The van der Waals surface area contributed by atoms with Crippen LogP contribution in [0.2, 0.25) is 0 Å². The number of aliphatic hydroxyl groups is 1. The molecule has 0 amide bonds. The molecule has 2 rings (SSSR count). The van der Waals surface area contributed by atoms with E-state index in [1.54, 1.807) is 13.3 Å². The van der Waals surface area contributed by atoms with E-state index in [1.807, 2.05) is 30.2 Å². The van der Waals surface area contributed by atoms with E-state index in [0.29, 0.717) is 0 Å². The molecular formula is C13H18BrN3O2S. The first kappa shape index (κ1) is 15.5. The fraction of sp³-hybridized carbons (Fsp3) is 0.462. The van der Waals surface area contributed by atoms with Gasteiger partial charge >= 0.3 is 0 Å². The lowest BCUT2D eigenvalue weighted by Crippen LogP contribution is -2.21. The lowest BCUT2D eigenvalue weighted by Gasteiger charge is -2.15. The molecular weight excluding hydrogens is 342 g/mol. The number of thiophene rings is 1. The summed E-state index contributed by atoms with van der Waals surface area (Å²) in [6.07, 6.45) is 1.02. The molecule has 7 heteroatoms. The molecule has 1 unspecified atom stereocenters. The number of aromatic nitrogens is 2. The maximum Gasteiger partial charge on any atom is 0.131 e. The van der Waals surface area contributed by atoms with Gasteiger partial charge < -0.3 is 14.7 Å². The summed E-state index contributed by atoms with van der Waals surface area (Å²) in [7, 11) is 5.65. The molecule has 1 N–H and O–H groups in total. The van der Waals surface area contributed by atoms with Crippen LogP contribution in [-0.4, -0.2) is 47.5 Å². The highest BCUT2D eigenvalue weighted by atomic mass is 79.9. The molecule has 0 saturated heterocycles. The Morgan fingerprint density at radius 1 is 1.55 bits per heavy atom. The van der Waals surface area contributed by atoms with Crippen molar-refractivity contribution in [3.63, 3.8) is 0 Å². The van der Waals surface area contributed by atoms with E-state index >= 15 is 0 Å². The van der Waals surface area contributed by atoms with Gasteiger partial charge in [0.15, 0.2) is 0 Å². The molecule has 0 aromatic carbocycles. The second-order valence-corrected chi connectivity index (χ2v) is 6.49. The molecule has 2 aromatic heterocycles. The smallest absolute Gasteiger partial charge is 0.131 e. The molecule has 2 aromatic rings. The first-order chi connectivity index (χ1) is 9.52. The number of methoxy groups -OCH3 is 1. The predicted molar refractivity (Wildman–Crippen MR) is 83.4 cm³/mol. The van der Waals surface area contributed by atoms with Crippen LogP contribution in [0.15, 0.2) is 22.1 Å². The molecule has 0 aliphatic carbocycles. The summed E-state index contributed by atoms with van der Waals surface area (Å²) in [5.41, 5.74) is 0.774. The van der Waals surface area contributed by atoms with E-state index in [9.17, 15) is 5.11 Å². The molecule has 1 atom stereocenters. The monoisotopic (exact) mass is 359 g/mol. The predicted octanol–water partition coefficient (Wildman–Crippen LogP) is 2.36. The van der Waals surface area contributed by atoms with Gasteiger partial charge in [-0.15, -0.1) is 11.3 Å². The first-order valence-corrected chi connectivity index (χ1v) is 7.86. The Balaban J connectivity index is 2.24. The molecule has 0 aliphatic heterocycles. The Labute approximate surface area is 130 Å². The number of hydrogen-bond acceptors (Lipinski definition) is 5. The molecule has 2 heterocycles. The van der Waals surface area contributed by atoms with E-state index in [2.05, 4.69) is 25.9 Å². The van der Waals surface area contributed by atoms with E-state index in [4.69, 9.17) is 4.74 Å². The summed E-state index contributed by atoms with van der Waals surface area (Å²) in [5, 5.41) is 16.8. The summed E-state index contributed by atoms with van der Waals surface area (Å²) >= 11 is 4.94. The van der Waals surface area contributed by atoms with Crippen molar-refractivity contribution < 1.29 is 9.84 Å². The fourth-order valence-corrected chi connectivity index (χ4v) is 3.19. The van der Waals surface area contributed by atoms with Gasteiger partial charge in [0.1, 0.15) is 11.9 Å². The van der Waals surface area contributed by atoms with Crippen molar-refractivity contribution >= 4 is 27.3 Å². The number of halogens is 1. The zero-order valence-corrected chi connectivity index (χ0v) is 14.1. The van der Waals surface area contributed by atoms with Gasteiger partial charge in [0.25, 0.3) is 0 Å². The Morgan fingerprint density at radius 3 is 2.90 bits per heavy atom. The lowest BCUT2D eigenvalue weighted by molar-refractivity contribution is 0.208. The van der Waals surface area contributed by atoms with Gasteiger partial charge in [0.05, 0.1) is 30.0 Å². The normalized spacial score (nSPS) is 12.9. The Bertz CT molecular complexity index is 568. The van der Waals surface area contributed by atoms with Crippen LogP contribution in [0.3, 0.4) is 0 Å². The quantitative estimate of drug-likeness (QED) is 0.859. The van der Waals surface area contributed by atoms with Crippen LogP contribution in [-0.2, 0) is 6.54 Å². The summed E-state index contributed by atoms with van der Waals surface area (Å²) in [4.78, 5) is 2.93. The minimum absolute atomic E-state index is 0.706. The summed E-state index contributed by atoms with van der Waals surface area (Å²) in [6.45, 7) is 1.59. The van der Waals surface area contributed by atoms with Crippen molar-refractivity contribution in [3.05, 3.63) is 32.7 Å². The molecule has 110 valence electrons. The van der Waals surface area contributed by atoms with Crippen LogP contribution in [0.4, 0.5) is 0 Å². The number of nitrogens with zero attached hydrogens (tertiary/aromatic N) is 3. The number of ether oxygens (including phenoxy) is 1. The third kappa shape index (κ3) is 3.41. The van der Waals surface area contributed by atoms with Crippen molar-refractivity contribution in [2.24, 2.45) is 0 Å². The highest BCUT2D eigenvalue weighted by Crippen LogP contribution is 2.34. The minimum atomic E-state index is -0.706. The second-order valence-electron chi connectivity index (χ2n) is 4.70. The first-order valence-electron chi connectivity index (χ1n) is 6.19. The van der Waals surface area contributed by atoms with Crippen LogP contribution in [0.1, 0.15) is 16.7 Å². The average Bonchev–Trinajstić information content (AvgIpc) is 3.02. The van der Waals surface area contributed by atoms with E-state index < -0.39 is 6.10 Å². The Morgan fingerprint density at radius 2 is 2.30 bits per heavy atom. The van der Waals surface area contributed by atoms with Gasteiger partial charge in [0.2, 0.25) is 0 Å².